The summed E-state index contributed by atoms with van der Waals surface area (Å²) in [6.45, 7) is -2.40. The Morgan fingerprint density at radius 3 is 2.67 bits per heavy atom. The van der Waals surface area contributed by atoms with Gasteiger partial charge in [0.2, 0.25) is 0 Å². The molecule has 124 valence electrons. The summed E-state index contributed by atoms with van der Waals surface area (Å²) in [5.41, 5.74) is 1.77. The molecule has 1 heterocycles. The first kappa shape index (κ1) is 16.0. The largest absolute Gasteiger partial charge is 0.493 e. The molecule has 0 aliphatic carbocycles. The molecule has 3 rings (SSSR count). The van der Waals surface area contributed by atoms with Crippen molar-refractivity contribution in [1.82, 2.24) is 4.98 Å². The molecule has 24 heavy (non-hydrogen) atoms. The third kappa shape index (κ3) is 3.71. The highest BCUT2D eigenvalue weighted by Crippen LogP contribution is 2.29. The van der Waals surface area contributed by atoms with Gasteiger partial charge in [-0.3, -0.25) is 0 Å². The van der Waals surface area contributed by atoms with Gasteiger partial charge in [-0.15, -0.1) is 0 Å². The van der Waals surface area contributed by atoms with E-state index in [1.165, 1.54) is 13.2 Å². The van der Waals surface area contributed by atoms with Gasteiger partial charge in [0.1, 0.15) is 5.82 Å². The molecule has 0 aliphatic rings. The number of benzene rings is 2. The van der Waals surface area contributed by atoms with Gasteiger partial charge in [-0.25, -0.2) is 4.98 Å². The van der Waals surface area contributed by atoms with Crippen molar-refractivity contribution in [3.8, 4) is 11.5 Å². The molecule has 3 aromatic rings. The van der Waals surface area contributed by atoms with E-state index in [-0.39, 0.29) is 11.5 Å². The first-order valence-electron chi connectivity index (χ1n) is 7.37. The maximum atomic E-state index is 12.3. The van der Waals surface area contributed by atoms with E-state index >= 15 is 0 Å². The van der Waals surface area contributed by atoms with Crippen LogP contribution in [0, 0.1) is 0 Å². The van der Waals surface area contributed by atoms with Crippen LogP contribution >= 0.6 is 0 Å². The second-order valence-corrected chi connectivity index (χ2v) is 5.11. The van der Waals surface area contributed by atoms with Gasteiger partial charge in [0.05, 0.1) is 12.6 Å². The Balaban J connectivity index is 1.73. The van der Waals surface area contributed by atoms with Gasteiger partial charge >= 0.3 is 6.61 Å². The van der Waals surface area contributed by atoms with E-state index < -0.39 is 6.61 Å². The first-order valence-corrected chi connectivity index (χ1v) is 7.37. The number of anilines is 1. The SMILES string of the molecule is COc1cc(CNc2ccc3ccccc3n2)ccc1OC(F)F. The number of para-hydroxylation sites is 1. The number of nitrogens with one attached hydrogen (secondary N) is 1. The van der Waals surface area contributed by atoms with Crippen LogP contribution in [0.15, 0.2) is 54.6 Å². The van der Waals surface area contributed by atoms with Gasteiger partial charge in [-0.2, -0.15) is 8.78 Å². The monoisotopic (exact) mass is 330 g/mol. The Labute approximate surface area is 138 Å². The van der Waals surface area contributed by atoms with Crippen LogP contribution in [-0.2, 0) is 6.54 Å². The second-order valence-electron chi connectivity index (χ2n) is 5.11. The lowest BCUT2D eigenvalue weighted by Gasteiger charge is -2.12. The average molecular weight is 330 g/mol. The zero-order valence-electron chi connectivity index (χ0n) is 13.0. The average Bonchev–Trinajstić information content (AvgIpc) is 2.60. The molecule has 2 aromatic carbocycles. The zero-order chi connectivity index (χ0) is 16.9. The quantitative estimate of drug-likeness (QED) is 0.725. The molecule has 0 spiro atoms. The van der Waals surface area contributed by atoms with Gasteiger partial charge in [0.25, 0.3) is 0 Å². The van der Waals surface area contributed by atoms with Crippen molar-refractivity contribution in [3.63, 3.8) is 0 Å². The number of hydrogen-bond acceptors (Lipinski definition) is 4. The van der Waals surface area contributed by atoms with Crippen LogP contribution in [-0.4, -0.2) is 18.7 Å². The molecule has 4 nitrogen and oxygen atoms in total. The molecule has 1 aromatic heterocycles. The highest BCUT2D eigenvalue weighted by atomic mass is 19.3. The van der Waals surface area contributed by atoms with Crippen LogP contribution in [0.5, 0.6) is 11.5 Å². The lowest BCUT2D eigenvalue weighted by molar-refractivity contribution is -0.0512. The lowest BCUT2D eigenvalue weighted by Crippen LogP contribution is -2.05. The van der Waals surface area contributed by atoms with Gasteiger partial charge in [0, 0.05) is 11.9 Å². The number of alkyl halides is 2. The molecule has 0 saturated heterocycles. The van der Waals surface area contributed by atoms with Crippen LogP contribution in [0.4, 0.5) is 14.6 Å². The summed E-state index contributed by atoms with van der Waals surface area (Å²) in [6.07, 6.45) is 0. The molecule has 0 bridgehead atoms. The molecule has 0 atom stereocenters. The molecule has 0 saturated carbocycles. The Hall–Kier alpha value is -2.89. The van der Waals surface area contributed by atoms with Crippen LogP contribution in [0.2, 0.25) is 0 Å². The number of ether oxygens (including phenoxy) is 2. The van der Waals surface area contributed by atoms with Crippen molar-refractivity contribution in [3.05, 3.63) is 60.2 Å². The minimum atomic E-state index is -2.88. The first-order chi connectivity index (χ1) is 11.7. The number of halogens is 2. The van der Waals surface area contributed by atoms with E-state index in [4.69, 9.17) is 4.74 Å². The van der Waals surface area contributed by atoms with E-state index in [9.17, 15) is 8.78 Å². The van der Waals surface area contributed by atoms with Crippen molar-refractivity contribution in [1.29, 1.82) is 0 Å². The van der Waals surface area contributed by atoms with Crippen LogP contribution in [0.3, 0.4) is 0 Å². The van der Waals surface area contributed by atoms with Crippen LogP contribution in [0.25, 0.3) is 10.9 Å². The smallest absolute Gasteiger partial charge is 0.387 e. The summed E-state index contributed by atoms with van der Waals surface area (Å²) in [5.74, 6) is 1.02. The highest BCUT2D eigenvalue weighted by molar-refractivity contribution is 5.80. The third-order valence-electron chi connectivity index (χ3n) is 3.52. The predicted molar refractivity (Wildman–Crippen MR) is 88.7 cm³/mol. The minimum Gasteiger partial charge on any atom is -0.493 e. The van der Waals surface area contributed by atoms with Gasteiger partial charge in [0.15, 0.2) is 11.5 Å². The van der Waals surface area contributed by atoms with E-state index in [2.05, 4.69) is 15.0 Å². The van der Waals surface area contributed by atoms with Crippen molar-refractivity contribution in [2.75, 3.05) is 12.4 Å². The number of aromatic nitrogens is 1. The van der Waals surface area contributed by atoms with Crippen molar-refractivity contribution < 1.29 is 18.3 Å². The fourth-order valence-electron chi connectivity index (χ4n) is 2.37. The molecular weight excluding hydrogens is 314 g/mol. The predicted octanol–water partition coefficient (Wildman–Crippen LogP) is 4.46. The van der Waals surface area contributed by atoms with Crippen LogP contribution < -0.4 is 14.8 Å². The second kappa shape index (κ2) is 7.12. The molecule has 0 radical (unpaired) electrons. The molecule has 6 heteroatoms. The number of rotatable bonds is 6. The lowest BCUT2D eigenvalue weighted by atomic mass is 10.2. The molecule has 0 amide bonds. The van der Waals surface area contributed by atoms with E-state index in [1.807, 2.05) is 36.4 Å². The normalized spacial score (nSPS) is 10.8. The maximum Gasteiger partial charge on any atom is 0.387 e. The van der Waals surface area contributed by atoms with Crippen molar-refractivity contribution in [2.45, 2.75) is 13.2 Å². The molecule has 1 N–H and O–H groups in total. The zero-order valence-corrected chi connectivity index (χ0v) is 13.0. The fraction of sp³-hybridized carbons (Fsp3) is 0.167. The molecule has 0 unspecified atom stereocenters. The number of pyridine rings is 1. The van der Waals surface area contributed by atoms with Gasteiger partial charge in [-0.05, 0) is 35.9 Å². The minimum absolute atomic E-state index is 0.0140. The standard InChI is InChI=1S/C18H16F2N2O2/c1-23-16-10-12(6-8-15(16)24-18(19)20)11-21-17-9-7-13-4-2-3-5-14(13)22-17/h2-10,18H,11H2,1H3,(H,21,22). The fourth-order valence-corrected chi connectivity index (χ4v) is 2.37. The molecule has 0 aliphatic heterocycles. The highest BCUT2D eigenvalue weighted by Gasteiger charge is 2.11. The van der Waals surface area contributed by atoms with Crippen LogP contribution in [0.1, 0.15) is 5.56 Å². The van der Waals surface area contributed by atoms with E-state index in [1.54, 1.807) is 12.1 Å². The van der Waals surface area contributed by atoms with Crippen molar-refractivity contribution in [2.24, 2.45) is 0 Å². The van der Waals surface area contributed by atoms with E-state index in [0.29, 0.717) is 6.54 Å². The molecule has 0 fully saturated rings. The Bertz CT molecular complexity index is 840. The summed E-state index contributed by atoms with van der Waals surface area (Å²) in [5, 5.41) is 4.28. The number of methoxy groups -OCH3 is 1. The number of hydrogen-bond donors (Lipinski definition) is 1. The van der Waals surface area contributed by atoms with E-state index in [0.717, 1.165) is 22.3 Å². The summed E-state index contributed by atoms with van der Waals surface area (Å²) in [6, 6.07) is 16.6. The maximum absolute atomic E-state index is 12.3. The topological polar surface area (TPSA) is 43.4 Å². The summed E-state index contributed by atoms with van der Waals surface area (Å²) >= 11 is 0. The third-order valence-corrected chi connectivity index (χ3v) is 3.52. The summed E-state index contributed by atoms with van der Waals surface area (Å²) in [7, 11) is 1.41. The Morgan fingerprint density at radius 2 is 1.88 bits per heavy atom. The number of nitrogens with zero attached hydrogens (tertiary/aromatic N) is 1. The number of fused-ring (bicyclic) bond motifs is 1. The van der Waals surface area contributed by atoms with Crippen molar-refractivity contribution >= 4 is 16.7 Å². The molecular formula is C18H16F2N2O2. The van der Waals surface area contributed by atoms with Gasteiger partial charge < -0.3 is 14.8 Å². The summed E-state index contributed by atoms with van der Waals surface area (Å²) in [4.78, 5) is 4.52. The Morgan fingerprint density at radius 1 is 1.04 bits per heavy atom. The van der Waals surface area contributed by atoms with Gasteiger partial charge in [-0.1, -0.05) is 24.3 Å². The summed E-state index contributed by atoms with van der Waals surface area (Å²) < 4.78 is 34.2. The Kier molecular flexibility index (Phi) is 4.74.